The Bertz CT molecular complexity index is 297. The summed E-state index contributed by atoms with van der Waals surface area (Å²) in [5, 5.41) is 6.71. The van der Waals surface area contributed by atoms with Gasteiger partial charge in [-0.3, -0.25) is 4.79 Å². The molecule has 1 saturated carbocycles. The van der Waals surface area contributed by atoms with Crippen LogP contribution in [0.2, 0.25) is 0 Å². The summed E-state index contributed by atoms with van der Waals surface area (Å²) in [6.45, 7) is 8.83. The Morgan fingerprint density at radius 1 is 1.26 bits per heavy atom. The van der Waals surface area contributed by atoms with Crippen molar-refractivity contribution < 1.29 is 4.79 Å². The second-order valence-corrected chi connectivity index (χ2v) is 6.98. The number of amides is 1. The Kier molecular flexibility index (Phi) is 5.26. The molecule has 1 aliphatic carbocycles. The van der Waals surface area contributed by atoms with Crippen LogP contribution in [0.4, 0.5) is 0 Å². The van der Waals surface area contributed by atoms with Crippen molar-refractivity contribution in [1.82, 2.24) is 10.6 Å². The summed E-state index contributed by atoms with van der Waals surface area (Å²) in [4.78, 5) is 12.4. The lowest BCUT2D eigenvalue weighted by atomic mass is 9.74. The molecule has 2 rings (SSSR count). The van der Waals surface area contributed by atoms with Gasteiger partial charge in [0.1, 0.15) is 0 Å². The molecule has 0 aromatic carbocycles. The van der Waals surface area contributed by atoms with Crippen LogP contribution < -0.4 is 10.6 Å². The lowest BCUT2D eigenvalue weighted by molar-refractivity contribution is -0.127. The minimum Gasteiger partial charge on any atom is -0.353 e. The third-order valence-corrected chi connectivity index (χ3v) is 5.02. The minimum absolute atomic E-state index is 0.193. The van der Waals surface area contributed by atoms with Gasteiger partial charge in [-0.2, -0.15) is 0 Å². The summed E-state index contributed by atoms with van der Waals surface area (Å²) in [5.41, 5.74) is 0. The maximum Gasteiger partial charge on any atom is 0.224 e. The van der Waals surface area contributed by atoms with E-state index in [1.54, 1.807) is 0 Å². The van der Waals surface area contributed by atoms with Crippen molar-refractivity contribution >= 4 is 5.91 Å². The van der Waals surface area contributed by atoms with E-state index < -0.39 is 0 Å². The van der Waals surface area contributed by atoms with Crippen molar-refractivity contribution in [2.45, 2.75) is 58.9 Å². The van der Waals surface area contributed by atoms with E-state index in [4.69, 9.17) is 0 Å². The summed E-state index contributed by atoms with van der Waals surface area (Å²) in [6.07, 6.45) is 5.93. The molecule has 19 heavy (non-hydrogen) atoms. The molecule has 0 radical (unpaired) electrons. The highest BCUT2D eigenvalue weighted by Crippen LogP contribution is 2.33. The number of hydrogen-bond donors (Lipinski definition) is 2. The van der Waals surface area contributed by atoms with E-state index in [0.29, 0.717) is 17.9 Å². The number of carbonyl (C=O) groups excluding carboxylic acids is 1. The average molecular weight is 266 g/mol. The van der Waals surface area contributed by atoms with Crippen LogP contribution >= 0.6 is 0 Å². The lowest BCUT2D eigenvalue weighted by Gasteiger charge is -2.38. The Hall–Kier alpha value is -0.570. The number of piperidine rings is 1. The Morgan fingerprint density at radius 2 is 2.05 bits per heavy atom. The summed E-state index contributed by atoms with van der Waals surface area (Å²) in [5.74, 6) is 2.57. The summed E-state index contributed by atoms with van der Waals surface area (Å²) < 4.78 is 0. The molecule has 0 spiro atoms. The molecule has 2 N–H and O–H groups in total. The van der Waals surface area contributed by atoms with Crippen LogP contribution in [0.5, 0.6) is 0 Å². The maximum absolute atomic E-state index is 12.4. The van der Waals surface area contributed by atoms with Gasteiger partial charge in [0.05, 0.1) is 5.92 Å². The van der Waals surface area contributed by atoms with Gasteiger partial charge in [0.25, 0.3) is 0 Å². The topological polar surface area (TPSA) is 41.1 Å². The molecular weight excluding hydrogens is 236 g/mol. The highest BCUT2D eigenvalue weighted by Gasteiger charge is 2.33. The minimum atomic E-state index is 0.193. The van der Waals surface area contributed by atoms with Crippen molar-refractivity contribution in [3.05, 3.63) is 0 Å². The van der Waals surface area contributed by atoms with Crippen LogP contribution in [0.15, 0.2) is 0 Å². The SMILES string of the molecule is CC1CCC(C(C)C)C(NC(=O)[C@@H]2CCCNC2)C1. The fraction of sp³-hybridized carbons (Fsp3) is 0.938. The van der Waals surface area contributed by atoms with Gasteiger partial charge < -0.3 is 10.6 Å². The first kappa shape index (κ1) is 14.8. The van der Waals surface area contributed by atoms with Crippen LogP contribution in [0, 0.1) is 23.7 Å². The molecular formula is C16H30N2O. The third-order valence-electron chi connectivity index (χ3n) is 5.02. The molecule has 1 amide bonds. The number of hydrogen-bond acceptors (Lipinski definition) is 2. The molecule has 2 fully saturated rings. The van der Waals surface area contributed by atoms with E-state index in [9.17, 15) is 4.79 Å². The van der Waals surface area contributed by atoms with Crippen LogP contribution in [-0.2, 0) is 4.79 Å². The zero-order chi connectivity index (χ0) is 13.8. The first-order valence-corrected chi connectivity index (χ1v) is 8.09. The molecule has 1 heterocycles. The fourth-order valence-corrected chi connectivity index (χ4v) is 3.74. The van der Waals surface area contributed by atoms with E-state index in [2.05, 4.69) is 31.4 Å². The molecule has 3 heteroatoms. The second-order valence-electron chi connectivity index (χ2n) is 6.98. The van der Waals surface area contributed by atoms with Gasteiger partial charge in [-0.1, -0.05) is 27.2 Å². The van der Waals surface area contributed by atoms with Crippen LogP contribution in [0.3, 0.4) is 0 Å². The largest absolute Gasteiger partial charge is 0.353 e. The smallest absolute Gasteiger partial charge is 0.224 e. The zero-order valence-electron chi connectivity index (χ0n) is 12.7. The van der Waals surface area contributed by atoms with Crippen molar-refractivity contribution in [3.8, 4) is 0 Å². The molecule has 2 aliphatic rings. The van der Waals surface area contributed by atoms with E-state index in [1.165, 1.54) is 12.8 Å². The molecule has 1 saturated heterocycles. The quantitative estimate of drug-likeness (QED) is 0.824. The van der Waals surface area contributed by atoms with E-state index >= 15 is 0 Å². The van der Waals surface area contributed by atoms with Gasteiger partial charge in [-0.15, -0.1) is 0 Å². The molecule has 0 bridgehead atoms. The monoisotopic (exact) mass is 266 g/mol. The van der Waals surface area contributed by atoms with Crippen LogP contribution in [0.1, 0.15) is 52.9 Å². The van der Waals surface area contributed by atoms with Crippen molar-refractivity contribution in [2.24, 2.45) is 23.7 Å². The van der Waals surface area contributed by atoms with Crippen molar-refractivity contribution in [2.75, 3.05) is 13.1 Å². The number of nitrogens with one attached hydrogen (secondary N) is 2. The van der Waals surface area contributed by atoms with Gasteiger partial charge in [-0.05, 0) is 50.0 Å². The Balaban J connectivity index is 1.92. The van der Waals surface area contributed by atoms with Crippen LogP contribution in [0.25, 0.3) is 0 Å². The predicted octanol–water partition coefficient (Wildman–Crippen LogP) is 2.56. The van der Waals surface area contributed by atoms with E-state index in [0.717, 1.165) is 38.3 Å². The Labute approximate surface area is 117 Å². The Morgan fingerprint density at radius 3 is 2.68 bits per heavy atom. The average Bonchev–Trinajstić information content (AvgIpc) is 2.39. The van der Waals surface area contributed by atoms with Crippen LogP contribution in [-0.4, -0.2) is 25.0 Å². The van der Waals surface area contributed by atoms with Gasteiger partial charge in [0.15, 0.2) is 0 Å². The first-order chi connectivity index (χ1) is 9.08. The highest BCUT2D eigenvalue weighted by molar-refractivity contribution is 5.79. The van der Waals surface area contributed by atoms with Gasteiger partial charge in [0.2, 0.25) is 5.91 Å². The van der Waals surface area contributed by atoms with Crippen molar-refractivity contribution in [3.63, 3.8) is 0 Å². The van der Waals surface area contributed by atoms with Gasteiger partial charge >= 0.3 is 0 Å². The number of carbonyl (C=O) groups is 1. The first-order valence-electron chi connectivity index (χ1n) is 8.09. The summed E-state index contributed by atoms with van der Waals surface area (Å²) in [6, 6.07) is 0.401. The molecule has 0 aromatic rings. The standard InChI is InChI=1S/C16H30N2O/c1-11(2)14-7-6-12(3)9-15(14)18-16(19)13-5-4-8-17-10-13/h11-15,17H,4-10H2,1-3H3,(H,18,19)/t12?,13-,14?,15?/m1/s1. The van der Waals surface area contributed by atoms with Gasteiger partial charge in [-0.25, -0.2) is 0 Å². The highest BCUT2D eigenvalue weighted by atomic mass is 16.2. The van der Waals surface area contributed by atoms with E-state index in [1.807, 2.05) is 0 Å². The third kappa shape index (κ3) is 3.95. The molecule has 3 nitrogen and oxygen atoms in total. The fourth-order valence-electron chi connectivity index (χ4n) is 3.74. The van der Waals surface area contributed by atoms with Gasteiger partial charge in [0, 0.05) is 12.6 Å². The normalized spacial score (nSPS) is 36.2. The molecule has 3 unspecified atom stereocenters. The van der Waals surface area contributed by atoms with E-state index in [-0.39, 0.29) is 11.8 Å². The predicted molar refractivity (Wildman–Crippen MR) is 78.9 cm³/mol. The molecule has 4 atom stereocenters. The molecule has 0 aromatic heterocycles. The second kappa shape index (κ2) is 6.74. The summed E-state index contributed by atoms with van der Waals surface area (Å²) >= 11 is 0. The zero-order valence-corrected chi connectivity index (χ0v) is 12.7. The lowest BCUT2D eigenvalue weighted by Crippen LogP contribution is -2.49. The van der Waals surface area contributed by atoms with Crippen molar-refractivity contribution in [1.29, 1.82) is 0 Å². The number of rotatable bonds is 3. The molecule has 110 valence electrons. The summed E-state index contributed by atoms with van der Waals surface area (Å²) in [7, 11) is 0. The maximum atomic E-state index is 12.4. The molecule has 1 aliphatic heterocycles.